The Balaban J connectivity index is 1.84. The van der Waals surface area contributed by atoms with Crippen molar-refractivity contribution < 1.29 is 4.79 Å². The zero-order valence-electron chi connectivity index (χ0n) is 15.4. The molecule has 132 valence electrons. The van der Waals surface area contributed by atoms with Gasteiger partial charge < -0.3 is 10.6 Å². The van der Waals surface area contributed by atoms with Gasteiger partial charge in [0.1, 0.15) is 0 Å². The first kappa shape index (κ1) is 17.7. The number of carbonyl (C=O) groups excluding carboxylic acids is 1. The van der Waals surface area contributed by atoms with Gasteiger partial charge >= 0.3 is 0 Å². The van der Waals surface area contributed by atoms with Gasteiger partial charge in [0.15, 0.2) is 0 Å². The van der Waals surface area contributed by atoms with Gasteiger partial charge in [-0.2, -0.15) is 0 Å². The van der Waals surface area contributed by atoms with Crippen molar-refractivity contribution in [1.82, 2.24) is 10.6 Å². The molecule has 2 aromatic rings. The number of hydrogen-bond acceptors (Lipinski definition) is 2. The van der Waals surface area contributed by atoms with Crippen LogP contribution in [-0.2, 0) is 11.2 Å². The van der Waals surface area contributed by atoms with Crippen LogP contribution in [0.4, 0.5) is 0 Å². The zero-order valence-corrected chi connectivity index (χ0v) is 15.4. The number of hydrogen-bond donors (Lipinski definition) is 2. The second kappa shape index (κ2) is 7.40. The van der Waals surface area contributed by atoms with E-state index in [0.29, 0.717) is 0 Å². The van der Waals surface area contributed by atoms with E-state index in [-0.39, 0.29) is 17.4 Å². The highest BCUT2D eigenvalue weighted by atomic mass is 16.2. The number of amides is 1. The fraction of sp³-hybridized carbons (Fsp3) is 0.409. The first-order valence-corrected chi connectivity index (χ1v) is 9.16. The quantitative estimate of drug-likeness (QED) is 0.874. The van der Waals surface area contributed by atoms with Crippen molar-refractivity contribution in [2.75, 3.05) is 13.1 Å². The predicted molar refractivity (Wildman–Crippen MR) is 104 cm³/mol. The molecule has 0 bridgehead atoms. The topological polar surface area (TPSA) is 41.1 Å². The molecule has 0 spiro atoms. The van der Waals surface area contributed by atoms with Gasteiger partial charge in [-0.05, 0) is 56.8 Å². The molecule has 2 N–H and O–H groups in total. The van der Waals surface area contributed by atoms with Crippen molar-refractivity contribution >= 4 is 5.91 Å². The molecule has 0 unspecified atom stereocenters. The highest BCUT2D eigenvalue weighted by Crippen LogP contribution is 2.32. The van der Waals surface area contributed by atoms with E-state index < -0.39 is 0 Å². The van der Waals surface area contributed by atoms with Gasteiger partial charge in [-0.3, -0.25) is 4.79 Å². The highest BCUT2D eigenvalue weighted by molar-refractivity contribution is 5.84. The van der Waals surface area contributed by atoms with E-state index in [4.69, 9.17) is 0 Å². The second-order valence-electron chi connectivity index (χ2n) is 7.58. The van der Waals surface area contributed by atoms with Crippen LogP contribution in [0.5, 0.6) is 0 Å². The van der Waals surface area contributed by atoms with Crippen LogP contribution in [0.25, 0.3) is 11.1 Å². The molecule has 0 saturated carbocycles. The lowest BCUT2D eigenvalue weighted by Gasteiger charge is -2.28. The first-order valence-electron chi connectivity index (χ1n) is 9.16. The molecule has 2 aromatic carbocycles. The lowest BCUT2D eigenvalue weighted by molar-refractivity contribution is -0.130. The standard InChI is InChI=1S/C22H28N2O/c1-16(2)24-21(25)22(11-12-23-15-22)14-18-5-4-6-20(13-18)19-9-7-17(3)8-10-19/h4-10,13,16,23H,11-12,14-15H2,1-3H3,(H,24,25)/t22-/m1/s1. The Kier molecular flexibility index (Phi) is 5.24. The molecule has 1 aliphatic heterocycles. The largest absolute Gasteiger partial charge is 0.353 e. The van der Waals surface area contributed by atoms with Gasteiger partial charge in [0.05, 0.1) is 5.41 Å². The van der Waals surface area contributed by atoms with Gasteiger partial charge in [-0.15, -0.1) is 0 Å². The third kappa shape index (κ3) is 4.10. The molecular formula is C22H28N2O. The Morgan fingerprint density at radius 3 is 2.56 bits per heavy atom. The van der Waals surface area contributed by atoms with Crippen molar-refractivity contribution in [1.29, 1.82) is 0 Å². The minimum Gasteiger partial charge on any atom is -0.353 e. The molecule has 3 rings (SSSR count). The van der Waals surface area contributed by atoms with Crippen molar-refractivity contribution in [2.24, 2.45) is 5.41 Å². The molecule has 1 fully saturated rings. The van der Waals surface area contributed by atoms with Crippen molar-refractivity contribution in [3.05, 3.63) is 59.7 Å². The molecule has 1 amide bonds. The molecule has 1 saturated heterocycles. The molecule has 25 heavy (non-hydrogen) atoms. The number of aryl methyl sites for hydroxylation is 1. The van der Waals surface area contributed by atoms with E-state index in [1.807, 2.05) is 13.8 Å². The number of benzene rings is 2. The van der Waals surface area contributed by atoms with Crippen molar-refractivity contribution in [2.45, 2.75) is 39.7 Å². The zero-order chi connectivity index (χ0) is 17.9. The molecule has 1 aliphatic rings. The summed E-state index contributed by atoms with van der Waals surface area (Å²) in [6.07, 6.45) is 1.67. The molecule has 1 atom stereocenters. The molecule has 3 heteroatoms. The van der Waals surface area contributed by atoms with Gasteiger partial charge in [-0.25, -0.2) is 0 Å². The summed E-state index contributed by atoms with van der Waals surface area (Å²) in [6, 6.07) is 17.4. The lowest BCUT2D eigenvalue weighted by atomic mass is 9.79. The fourth-order valence-electron chi connectivity index (χ4n) is 3.58. The Labute approximate surface area is 150 Å². The Morgan fingerprint density at radius 1 is 1.16 bits per heavy atom. The summed E-state index contributed by atoms with van der Waals surface area (Å²) in [4.78, 5) is 12.8. The average Bonchev–Trinajstić information content (AvgIpc) is 3.05. The van der Waals surface area contributed by atoms with E-state index in [1.54, 1.807) is 0 Å². The van der Waals surface area contributed by atoms with Crippen LogP contribution < -0.4 is 10.6 Å². The Hall–Kier alpha value is -2.13. The van der Waals surface area contributed by atoms with Crippen molar-refractivity contribution in [3.8, 4) is 11.1 Å². The third-order valence-corrected chi connectivity index (χ3v) is 5.00. The number of nitrogens with one attached hydrogen (secondary N) is 2. The monoisotopic (exact) mass is 336 g/mol. The summed E-state index contributed by atoms with van der Waals surface area (Å²) in [5.74, 6) is 0.174. The maximum atomic E-state index is 12.8. The molecular weight excluding hydrogens is 308 g/mol. The molecule has 0 radical (unpaired) electrons. The summed E-state index contributed by atoms with van der Waals surface area (Å²) in [7, 11) is 0. The smallest absolute Gasteiger partial charge is 0.228 e. The van der Waals surface area contributed by atoms with Gasteiger partial charge in [0, 0.05) is 12.6 Å². The SMILES string of the molecule is Cc1ccc(-c2cccc(C[C@]3(C(=O)NC(C)C)CCNC3)c2)cc1. The van der Waals surface area contributed by atoms with Crippen LogP contribution in [0.1, 0.15) is 31.4 Å². The van der Waals surface area contributed by atoms with E-state index in [2.05, 4.69) is 66.1 Å². The maximum Gasteiger partial charge on any atom is 0.228 e. The molecule has 3 nitrogen and oxygen atoms in total. The molecule has 1 heterocycles. The minimum absolute atomic E-state index is 0.170. The van der Waals surface area contributed by atoms with Crippen molar-refractivity contribution in [3.63, 3.8) is 0 Å². The number of carbonyl (C=O) groups is 1. The normalized spacial score (nSPS) is 20.0. The minimum atomic E-state index is -0.337. The van der Waals surface area contributed by atoms with Crippen LogP contribution in [0.15, 0.2) is 48.5 Å². The maximum absolute atomic E-state index is 12.8. The highest BCUT2D eigenvalue weighted by Gasteiger charge is 2.41. The van der Waals surface area contributed by atoms with E-state index in [9.17, 15) is 4.79 Å². The van der Waals surface area contributed by atoms with Crippen LogP contribution in [0, 0.1) is 12.3 Å². The van der Waals surface area contributed by atoms with E-state index in [1.165, 1.54) is 22.3 Å². The van der Waals surface area contributed by atoms with E-state index >= 15 is 0 Å². The van der Waals surface area contributed by atoms with Gasteiger partial charge in [0.25, 0.3) is 0 Å². The molecule has 0 aromatic heterocycles. The Bertz CT molecular complexity index is 728. The Morgan fingerprint density at radius 2 is 1.92 bits per heavy atom. The summed E-state index contributed by atoms with van der Waals surface area (Å²) in [5.41, 5.74) is 4.58. The predicted octanol–water partition coefficient (Wildman–Crippen LogP) is 3.71. The summed E-state index contributed by atoms with van der Waals surface area (Å²) in [6.45, 7) is 7.80. The second-order valence-corrected chi connectivity index (χ2v) is 7.58. The third-order valence-electron chi connectivity index (χ3n) is 5.00. The van der Waals surface area contributed by atoms with Crippen LogP contribution in [-0.4, -0.2) is 25.0 Å². The summed E-state index contributed by atoms with van der Waals surface area (Å²) >= 11 is 0. The summed E-state index contributed by atoms with van der Waals surface area (Å²) < 4.78 is 0. The van der Waals surface area contributed by atoms with Gasteiger partial charge in [-0.1, -0.05) is 54.1 Å². The van der Waals surface area contributed by atoms with Crippen LogP contribution in [0.3, 0.4) is 0 Å². The van der Waals surface area contributed by atoms with Gasteiger partial charge in [0.2, 0.25) is 5.91 Å². The first-order chi connectivity index (χ1) is 12.0. The van der Waals surface area contributed by atoms with Crippen LogP contribution in [0.2, 0.25) is 0 Å². The lowest BCUT2D eigenvalue weighted by Crippen LogP contribution is -2.46. The fourth-order valence-corrected chi connectivity index (χ4v) is 3.58. The average molecular weight is 336 g/mol. The molecule has 0 aliphatic carbocycles. The van der Waals surface area contributed by atoms with E-state index in [0.717, 1.165) is 25.9 Å². The summed E-state index contributed by atoms with van der Waals surface area (Å²) in [5, 5.41) is 6.50. The number of rotatable bonds is 5. The van der Waals surface area contributed by atoms with Crippen LogP contribution >= 0.6 is 0 Å².